The summed E-state index contributed by atoms with van der Waals surface area (Å²) in [5, 5.41) is 18.0. The number of nitrogens with zero attached hydrogens (tertiary/aromatic N) is 2. The highest BCUT2D eigenvalue weighted by molar-refractivity contribution is 5.52. The molecular weight excluding hydrogens is 259 g/mol. The van der Waals surface area contributed by atoms with Gasteiger partial charge in [-0.25, -0.2) is 4.39 Å². The van der Waals surface area contributed by atoms with Crippen molar-refractivity contribution in [2.45, 2.75) is 0 Å². The van der Waals surface area contributed by atoms with Crippen molar-refractivity contribution >= 4 is 0 Å². The van der Waals surface area contributed by atoms with Gasteiger partial charge in [-0.1, -0.05) is 6.07 Å². The number of methoxy groups -OCH3 is 1. The van der Waals surface area contributed by atoms with Crippen LogP contribution in [0, 0.1) is 28.5 Å². The summed E-state index contributed by atoms with van der Waals surface area (Å²) in [6.07, 6.45) is 0. The molecule has 5 heteroatoms. The molecule has 20 heavy (non-hydrogen) atoms. The van der Waals surface area contributed by atoms with Gasteiger partial charge in [-0.15, -0.1) is 0 Å². The molecule has 2 aromatic carbocycles. The number of benzene rings is 2. The second-order valence-corrected chi connectivity index (χ2v) is 3.80. The van der Waals surface area contributed by atoms with Crippen LogP contribution in [0.3, 0.4) is 0 Å². The Bertz CT molecular complexity index is 730. The average Bonchev–Trinajstić information content (AvgIpc) is 2.47. The molecule has 2 rings (SSSR count). The Morgan fingerprint density at radius 2 is 1.85 bits per heavy atom. The van der Waals surface area contributed by atoms with Crippen molar-refractivity contribution in [3.05, 3.63) is 53.3 Å². The Morgan fingerprint density at radius 3 is 2.50 bits per heavy atom. The van der Waals surface area contributed by atoms with E-state index in [2.05, 4.69) is 0 Å². The highest BCUT2D eigenvalue weighted by atomic mass is 19.1. The van der Waals surface area contributed by atoms with E-state index in [1.807, 2.05) is 6.07 Å². The van der Waals surface area contributed by atoms with Gasteiger partial charge < -0.3 is 9.47 Å². The maximum Gasteiger partial charge on any atom is 0.148 e. The van der Waals surface area contributed by atoms with E-state index in [4.69, 9.17) is 20.0 Å². The second kappa shape index (κ2) is 5.73. The quantitative estimate of drug-likeness (QED) is 0.855. The van der Waals surface area contributed by atoms with Gasteiger partial charge in [-0.2, -0.15) is 10.5 Å². The van der Waals surface area contributed by atoms with Crippen molar-refractivity contribution in [2.75, 3.05) is 7.11 Å². The topological polar surface area (TPSA) is 66.0 Å². The van der Waals surface area contributed by atoms with Crippen LogP contribution in [0.25, 0.3) is 0 Å². The van der Waals surface area contributed by atoms with Crippen molar-refractivity contribution < 1.29 is 13.9 Å². The second-order valence-electron chi connectivity index (χ2n) is 3.80. The van der Waals surface area contributed by atoms with Crippen molar-refractivity contribution in [1.82, 2.24) is 0 Å². The summed E-state index contributed by atoms with van der Waals surface area (Å²) in [5.74, 6) is 0.0755. The van der Waals surface area contributed by atoms with Gasteiger partial charge in [0.2, 0.25) is 0 Å². The first-order valence-electron chi connectivity index (χ1n) is 5.64. The normalized spacial score (nSPS) is 9.40. The first kappa shape index (κ1) is 13.4. The Morgan fingerprint density at radius 1 is 1.05 bits per heavy atom. The predicted octanol–water partition coefficient (Wildman–Crippen LogP) is 3.37. The van der Waals surface area contributed by atoms with E-state index in [9.17, 15) is 4.39 Å². The molecule has 0 atom stereocenters. The van der Waals surface area contributed by atoms with Crippen LogP contribution < -0.4 is 9.47 Å². The summed E-state index contributed by atoms with van der Waals surface area (Å²) in [4.78, 5) is 0. The van der Waals surface area contributed by atoms with E-state index >= 15 is 0 Å². The van der Waals surface area contributed by atoms with Crippen LogP contribution in [-0.4, -0.2) is 7.11 Å². The molecular formula is C15H9FN2O2. The molecule has 0 bridgehead atoms. The minimum absolute atomic E-state index is 0.0530. The number of hydrogen-bond donors (Lipinski definition) is 0. The minimum Gasteiger partial charge on any atom is -0.497 e. The summed E-state index contributed by atoms with van der Waals surface area (Å²) in [6.45, 7) is 0. The molecule has 0 aliphatic rings. The first-order chi connectivity index (χ1) is 9.69. The Kier molecular flexibility index (Phi) is 3.83. The largest absolute Gasteiger partial charge is 0.497 e. The SMILES string of the molecule is COc1ccc(C#N)c(Oc2cccc(F)c2C#N)c1. The Labute approximate surface area is 115 Å². The van der Waals surface area contributed by atoms with Gasteiger partial charge in [-0.3, -0.25) is 0 Å². The fourth-order valence-corrected chi connectivity index (χ4v) is 1.62. The summed E-state index contributed by atoms with van der Waals surface area (Å²) >= 11 is 0. The lowest BCUT2D eigenvalue weighted by molar-refractivity contribution is 0.408. The highest BCUT2D eigenvalue weighted by Gasteiger charge is 2.12. The number of hydrogen-bond acceptors (Lipinski definition) is 4. The number of rotatable bonds is 3. The predicted molar refractivity (Wildman–Crippen MR) is 68.9 cm³/mol. The minimum atomic E-state index is -0.675. The highest BCUT2D eigenvalue weighted by Crippen LogP contribution is 2.31. The molecule has 0 N–H and O–H groups in total. The maximum absolute atomic E-state index is 13.5. The van der Waals surface area contributed by atoms with Crippen molar-refractivity contribution in [1.29, 1.82) is 10.5 Å². The Balaban J connectivity index is 2.48. The zero-order valence-corrected chi connectivity index (χ0v) is 10.6. The summed E-state index contributed by atoms with van der Waals surface area (Å²) in [5.41, 5.74) is 0.0539. The van der Waals surface area contributed by atoms with E-state index in [1.165, 1.54) is 37.4 Å². The van der Waals surface area contributed by atoms with Gasteiger partial charge in [0, 0.05) is 6.07 Å². The van der Waals surface area contributed by atoms with Gasteiger partial charge in [-0.05, 0) is 24.3 Å². The maximum atomic E-state index is 13.5. The molecule has 0 unspecified atom stereocenters. The third-order valence-corrected chi connectivity index (χ3v) is 2.62. The van der Waals surface area contributed by atoms with E-state index < -0.39 is 5.82 Å². The van der Waals surface area contributed by atoms with Gasteiger partial charge in [0.1, 0.15) is 40.8 Å². The third kappa shape index (κ3) is 2.52. The van der Waals surface area contributed by atoms with Crippen LogP contribution in [0.5, 0.6) is 17.2 Å². The van der Waals surface area contributed by atoms with E-state index in [1.54, 1.807) is 12.1 Å². The standard InChI is InChI=1S/C15H9FN2O2/c1-19-11-6-5-10(8-17)15(7-11)20-14-4-2-3-13(16)12(14)9-18/h2-7H,1H3. The van der Waals surface area contributed by atoms with Crippen molar-refractivity contribution in [2.24, 2.45) is 0 Å². The fraction of sp³-hybridized carbons (Fsp3) is 0.0667. The lowest BCUT2D eigenvalue weighted by Crippen LogP contribution is -1.94. The Hall–Kier alpha value is -3.05. The molecule has 0 aliphatic heterocycles. The molecule has 4 nitrogen and oxygen atoms in total. The lowest BCUT2D eigenvalue weighted by Gasteiger charge is -2.10. The molecule has 0 saturated carbocycles. The molecule has 0 aliphatic carbocycles. The van der Waals surface area contributed by atoms with Crippen LogP contribution in [-0.2, 0) is 0 Å². The summed E-state index contributed by atoms with van der Waals surface area (Å²) < 4.78 is 24.0. The monoisotopic (exact) mass is 268 g/mol. The van der Waals surface area contributed by atoms with Crippen molar-refractivity contribution in [3.8, 4) is 29.4 Å². The zero-order valence-electron chi connectivity index (χ0n) is 10.6. The average molecular weight is 268 g/mol. The van der Waals surface area contributed by atoms with Crippen molar-refractivity contribution in [3.63, 3.8) is 0 Å². The van der Waals surface area contributed by atoms with Crippen LogP contribution in [0.2, 0.25) is 0 Å². The molecule has 98 valence electrons. The van der Waals surface area contributed by atoms with E-state index in [-0.39, 0.29) is 22.6 Å². The summed E-state index contributed by atoms with van der Waals surface area (Å²) in [7, 11) is 1.48. The number of halogens is 1. The lowest BCUT2D eigenvalue weighted by atomic mass is 10.2. The van der Waals surface area contributed by atoms with E-state index in [0.717, 1.165) is 0 Å². The van der Waals surface area contributed by atoms with Gasteiger partial charge in [0.15, 0.2) is 0 Å². The van der Waals surface area contributed by atoms with E-state index in [0.29, 0.717) is 5.75 Å². The number of nitriles is 2. The van der Waals surface area contributed by atoms with Crippen LogP contribution in [0.1, 0.15) is 11.1 Å². The number of ether oxygens (including phenoxy) is 2. The fourth-order valence-electron chi connectivity index (χ4n) is 1.62. The van der Waals surface area contributed by atoms with Gasteiger partial charge >= 0.3 is 0 Å². The van der Waals surface area contributed by atoms with Crippen LogP contribution >= 0.6 is 0 Å². The molecule has 0 aromatic heterocycles. The third-order valence-electron chi connectivity index (χ3n) is 2.62. The van der Waals surface area contributed by atoms with Gasteiger partial charge in [0.25, 0.3) is 0 Å². The smallest absolute Gasteiger partial charge is 0.148 e. The molecule has 0 radical (unpaired) electrons. The van der Waals surface area contributed by atoms with Crippen LogP contribution in [0.4, 0.5) is 4.39 Å². The van der Waals surface area contributed by atoms with Gasteiger partial charge in [0.05, 0.1) is 12.7 Å². The molecule has 0 spiro atoms. The molecule has 0 fully saturated rings. The zero-order chi connectivity index (χ0) is 14.5. The molecule has 0 amide bonds. The molecule has 0 heterocycles. The molecule has 2 aromatic rings. The molecule has 0 saturated heterocycles. The first-order valence-corrected chi connectivity index (χ1v) is 5.64. The summed E-state index contributed by atoms with van der Waals surface area (Å²) in [6, 6.07) is 12.4. The van der Waals surface area contributed by atoms with Crippen LogP contribution in [0.15, 0.2) is 36.4 Å².